The second kappa shape index (κ2) is 7.81. The van der Waals surface area contributed by atoms with Crippen LogP contribution in [0.5, 0.6) is 5.75 Å². The van der Waals surface area contributed by atoms with Crippen LogP contribution in [0.2, 0.25) is 5.15 Å². The predicted molar refractivity (Wildman–Crippen MR) is 99.3 cm³/mol. The Labute approximate surface area is 151 Å². The number of halogens is 1. The Hall–Kier alpha value is -2.86. The van der Waals surface area contributed by atoms with Crippen LogP contribution in [0.25, 0.3) is 0 Å². The van der Waals surface area contributed by atoms with E-state index < -0.39 is 0 Å². The molecule has 0 radical (unpaired) electrons. The number of para-hydroxylation sites is 1. The molecule has 0 saturated heterocycles. The first-order chi connectivity index (χ1) is 12.2. The molecule has 1 atom stereocenters. The van der Waals surface area contributed by atoms with Gasteiger partial charge in [-0.1, -0.05) is 35.9 Å². The summed E-state index contributed by atoms with van der Waals surface area (Å²) in [6.07, 6.45) is 3.18. The van der Waals surface area contributed by atoms with E-state index in [9.17, 15) is 0 Å². The Morgan fingerprint density at radius 2 is 1.84 bits per heavy atom. The summed E-state index contributed by atoms with van der Waals surface area (Å²) < 4.78 is 5.52. The van der Waals surface area contributed by atoms with Crippen molar-refractivity contribution in [1.29, 1.82) is 0 Å². The highest BCUT2D eigenvalue weighted by molar-refractivity contribution is 6.32. The molecule has 0 aliphatic rings. The lowest BCUT2D eigenvalue weighted by Crippen LogP contribution is -2.17. The molecular weight excluding hydrogens is 338 g/mol. The standard InChI is InChI=1S/C18H18ClN5O/c1-20-16-17(19)22-11-23-18(16)24-15(13-8-5-6-10-21-13)12-7-3-4-9-14(12)25-2/h3-11,15,20H,1-2H3,(H,22,23,24). The van der Waals surface area contributed by atoms with Gasteiger partial charge in [-0.3, -0.25) is 4.98 Å². The molecule has 3 rings (SSSR count). The molecule has 0 spiro atoms. The minimum absolute atomic E-state index is 0.268. The van der Waals surface area contributed by atoms with Crippen LogP contribution in [0.4, 0.5) is 11.5 Å². The Bertz CT molecular complexity index is 844. The van der Waals surface area contributed by atoms with Crippen LogP contribution in [0.3, 0.4) is 0 Å². The lowest BCUT2D eigenvalue weighted by molar-refractivity contribution is 0.408. The quantitative estimate of drug-likeness (QED) is 0.656. The number of methoxy groups -OCH3 is 1. The summed E-state index contributed by atoms with van der Waals surface area (Å²) in [4.78, 5) is 12.8. The van der Waals surface area contributed by atoms with Crippen molar-refractivity contribution in [3.8, 4) is 5.75 Å². The van der Waals surface area contributed by atoms with E-state index in [0.29, 0.717) is 16.7 Å². The monoisotopic (exact) mass is 355 g/mol. The van der Waals surface area contributed by atoms with Crippen molar-refractivity contribution in [2.24, 2.45) is 0 Å². The summed E-state index contributed by atoms with van der Waals surface area (Å²) in [6, 6.07) is 13.3. The van der Waals surface area contributed by atoms with Crippen molar-refractivity contribution in [3.63, 3.8) is 0 Å². The first-order valence-corrected chi connectivity index (χ1v) is 8.11. The van der Waals surface area contributed by atoms with E-state index in [1.165, 1.54) is 6.33 Å². The highest BCUT2D eigenvalue weighted by Gasteiger charge is 2.21. The summed E-state index contributed by atoms with van der Waals surface area (Å²) in [6.45, 7) is 0. The van der Waals surface area contributed by atoms with Crippen LogP contribution in [0.1, 0.15) is 17.3 Å². The van der Waals surface area contributed by atoms with Crippen molar-refractivity contribution in [1.82, 2.24) is 15.0 Å². The first-order valence-electron chi connectivity index (χ1n) is 7.73. The number of nitrogens with zero attached hydrogens (tertiary/aromatic N) is 3. The third-order valence-corrected chi connectivity index (χ3v) is 4.05. The van der Waals surface area contributed by atoms with E-state index in [-0.39, 0.29) is 6.04 Å². The third kappa shape index (κ3) is 3.64. The summed E-state index contributed by atoms with van der Waals surface area (Å²) in [7, 11) is 3.42. The minimum atomic E-state index is -0.268. The number of nitrogens with one attached hydrogen (secondary N) is 2. The lowest BCUT2D eigenvalue weighted by Gasteiger charge is -2.22. The highest BCUT2D eigenvalue weighted by atomic mass is 35.5. The second-order valence-electron chi connectivity index (χ2n) is 5.21. The maximum absolute atomic E-state index is 6.17. The van der Waals surface area contributed by atoms with Gasteiger partial charge < -0.3 is 15.4 Å². The van der Waals surface area contributed by atoms with E-state index in [1.54, 1.807) is 20.4 Å². The zero-order chi connectivity index (χ0) is 17.6. The third-order valence-electron chi connectivity index (χ3n) is 3.77. The molecule has 2 heterocycles. The van der Waals surface area contributed by atoms with Gasteiger partial charge in [-0.15, -0.1) is 0 Å². The van der Waals surface area contributed by atoms with Crippen molar-refractivity contribution < 1.29 is 4.74 Å². The van der Waals surface area contributed by atoms with Crippen LogP contribution in [-0.2, 0) is 0 Å². The molecular formula is C18H18ClN5O. The van der Waals surface area contributed by atoms with Gasteiger partial charge in [-0.2, -0.15) is 0 Å². The second-order valence-corrected chi connectivity index (χ2v) is 5.57. The topological polar surface area (TPSA) is 72.0 Å². The van der Waals surface area contributed by atoms with Crippen molar-refractivity contribution in [3.05, 3.63) is 71.4 Å². The van der Waals surface area contributed by atoms with Gasteiger partial charge in [-0.05, 0) is 18.2 Å². The molecule has 25 heavy (non-hydrogen) atoms. The molecule has 2 aromatic heterocycles. The normalized spacial score (nSPS) is 11.6. The van der Waals surface area contributed by atoms with Crippen LogP contribution >= 0.6 is 11.6 Å². The predicted octanol–water partition coefficient (Wildman–Crippen LogP) is 3.78. The summed E-state index contributed by atoms with van der Waals surface area (Å²) in [5.74, 6) is 1.35. The summed E-state index contributed by atoms with van der Waals surface area (Å²) >= 11 is 6.17. The highest BCUT2D eigenvalue weighted by Crippen LogP contribution is 2.34. The maximum Gasteiger partial charge on any atom is 0.157 e. The van der Waals surface area contributed by atoms with Crippen LogP contribution in [0.15, 0.2) is 55.0 Å². The molecule has 0 aliphatic heterocycles. The Morgan fingerprint density at radius 1 is 1.04 bits per heavy atom. The number of ether oxygens (including phenoxy) is 1. The fraction of sp³-hybridized carbons (Fsp3) is 0.167. The number of hydrogen-bond donors (Lipinski definition) is 2. The van der Waals surface area contributed by atoms with Crippen LogP contribution in [0, 0.1) is 0 Å². The fourth-order valence-electron chi connectivity index (χ4n) is 2.59. The van der Waals surface area contributed by atoms with Crippen molar-refractivity contribution in [2.45, 2.75) is 6.04 Å². The zero-order valence-corrected chi connectivity index (χ0v) is 14.7. The molecule has 6 nitrogen and oxygen atoms in total. The number of benzene rings is 1. The lowest BCUT2D eigenvalue weighted by atomic mass is 10.0. The van der Waals surface area contributed by atoms with Crippen LogP contribution < -0.4 is 15.4 Å². The maximum atomic E-state index is 6.17. The molecule has 7 heteroatoms. The Morgan fingerprint density at radius 3 is 2.56 bits per heavy atom. The van der Waals surface area contributed by atoms with E-state index in [4.69, 9.17) is 16.3 Å². The molecule has 0 saturated carbocycles. The van der Waals surface area contributed by atoms with Gasteiger partial charge in [0.2, 0.25) is 0 Å². The van der Waals surface area contributed by atoms with Gasteiger partial charge in [0.1, 0.15) is 17.8 Å². The number of aromatic nitrogens is 3. The minimum Gasteiger partial charge on any atom is -0.496 e. The SMILES string of the molecule is CNc1c(Cl)ncnc1NC(c1ccccn1)c1ccccc1OC. The smallest absolute Gasteiger partial charge is 0.157 e. The largest absolute Gasteiger partial charge is 0.496 e. The first kappa shape index (κ1) is 17.0. The molecule has 2 N–H and O–H groups in total. The molecule has 0 fully saturated rings. The zero-order valence-electron chi connectivity index (χ0n) is 13.9. The molecule has 1 unspecified atom stereocenters. The van der Waals surface area contributed by atoms with E-state index in [0.717, 1.165) is 17.0 Å². The fourth-order valence-corrected chi connectivity index (χ4v) is 2.82. The van der Waals surface area contributed by atoms with Crippen molar-refractivity contribution in [2.75, 3.05) is 24.8 Å². The average Bonchev–Trinajstić information content (AvgIpc) is 2.67. The van der Waals surface area contributed by atoms with Gasteiger partial charge in [0, 0.05) is 18.8 Å². The number of anilines is 2. The molecule has 128 valence electrons. The molecule has 1 aromatic carbocycles. The molecule has 0 aliphatic carbocycles. The van der Waals surface area contributed by atoms with Gasteiger partial charge in [0.15, 0.2) is 11.0 Å². The average molecular weight is 356 g/mol. The van der Waals surface area contributed by atoms with E-state index in [2.05, 4.69) is 25.6 Å². The number of hydrogen-bond acceptors (Lipinski definition) is 6. The van der Waals surface area contributed by atoms with Crippen LogP contribution in [-0.4, -0.2) is 29.1 Å². The van der Waals surface area contributed by atoms with Gasteiger partial charge >= 0.3 is 0 Å². The molecule has 0 amide bonds. The summed E-state index contributed by atoms with van der Waals surface area (Å²) in [5.41, 5.74) is 2.41. The number of pyridine rings is 1. The summed E-state index contributed by atoms with van der Waals surface area (Å²) in [5, 5.41) is 6.78. The number of rotatable bonds is 6. The molecule has 3 aromatic rings. The van der Waals surface area contributed by atoms with E-state index >= 15 is 0 Å². The van der Waals surface area contributed by atoms with Gasteiger partial charge in [0.05, 0.1) is 18.8 Å². The Kier molecular flexibility index (Phi) is 5.30. The van der Waals surface area contributed by atoms with Crippen molar-refractivity contribution >= 4 is 23.1 Å². The van der Waals surface area contributed by atoms with Gasteiger partial charge in [-0.25, -0.2) is 9.97 Å². The molecule has 0 bridgehead atoms. The van der Waals surface area contributed by atoms with Gasteiger partial charge in [0.25, 0.3) is 0 Å². The van der Waals surface area contributed by atoms with E-state index in [1.807, 2.05) is 42.5 Å². The Balaban J connectivity index is 2.09.